The molecule has 6 nitrogen and oxygen atoms in total. The summed E-state index contributed by atoms with van der Waals surface area (Å²) in [7, 11) is 0. The topological polar surface area (TPSA) is 98.1 Å². The quantitative estimate of drug-likeness (QED) is 0.831. The van der Waals surface area contributed by atoms with Gasteiger partial charge in [0.2, 0.25) is 0 Å². The zero-order valence-electron chi connectivity index (χ0n) is 12.2. The highest BCUT2D eigenvalue weighted by Gasteiger charge is 2.27. The van der Waals surface area contributed by atoms with Crippen LogP contribution in [0.25, 0.3) is 10.2 Å². The number of thiophene rings is 1. The zero-order chi connectivity index (χ0) is 15.1. The van der Waals surface area contributed by atoms with Gasteiger partial charge in [-0.1, -0.05) is 0 Å². The fourth-order valence-corrected chi connectivity index (χ4v) is 3.81. The fraction of sp³-hybridized carbons (Fsp3) is 0.500. The number of nitrogen functional groups attached to an aromatic ring is 1. The molecule has 1 unspecified atom stereocenters. The molecule has 1 fully saturated rings. The molecule has 112 valence electrons. The maximum Gasteiger partial charge on any atom is 0.266 e. The number of aryl methyl sites for hydroxylation is 2. The summed E-state index contributed by atoms with van der Waals surface area (Å²) in [6.45, 7) is 5.19. The van der Waals surface area contributed by atoms with Gasteiger partial charge in [-0.2, -0.15) is 5.10 Å². The molecule has 0 radical (unpaired) electrons. The predicted octanol–water partition coefficient (Wildman–Crippen LogP) is 1.45. The van der Waals surface area contributed by atoms with Crippen LogP contribution in [0.3, 0.4) is 0 Å². The molecule has 0 spiro atoms. The number of carbonyl (C=O) groups excluding carboxylic acids is 1. The van der Waals surface area contributed by atoms with E-state index < -0.39 is 0 Å². The first kappa shape index (κ1) is 14.2. The van der Waals surface area contributed by atoms with E-state index >= 15 is 0 Å². The molecule has 0 aliphatic carbocycles. The Morgan fingerprint density at radius 1 is 1.38 bits per heavy atom. The summed E-state index contributed by atoms with van der Waals surface area (Å²) < 4.78 is 0. The fourth-order valence-electron chi connectivity index (χ4n) is 2.74. The maximum atomic E-state index is 12.7. The highest BCUT2D eigenvalue weighted by atomic mass is 32.1. The van der Waals surface area contributed by atoms with Crippen molar-refractivity contribution in [2.24, 2.45) is 5.73 Å². The van der Waals surface area contributed by atoms with Crippen LogP contribution in [0.1, 0.15) is 33.8 Å². The molecule has 2 aromatic rings. The van der Waals surface area contributed by atoms with E-state index in [-0.39, 0.29) is 11.9 Å². The number of likely N-dealkylation sites (tertiary alicyclic amines) is 1. The lowest BCUT2D eigenvalue weighted by Crippen LogP contribution is -2.45. The first-order chi connectivity index (χ1) is 9.99. The van der Waals surface area contributed by atoms with Gasteiger partial charge in [-0.15, -0.1) is 16.4 Å². The van der Waals surface area contributed by atoms with Crippen LogP contribution in [0, 0.1) is 13.8 Å². The molecule has 0 bridgehead atoms. The molecule has 1 aliphatic rings. The number of aromatic nitrogens is 2. The lowest BCUT2D eigenvalue weighted by atomic mass is 10.1. The number of hydrogen-bond donors (Lipinski definition) is 2. The number of fused-ring (bicyclic) bond motifs is 1. The van der Waals surface area contributed by atoms with E-state index in [1.54, 1.807) is 4.90 Å². The SMILES string of the molecule is Cc1nnc2sc(C(=O)N3CCCC(N)C3)c(N)c2c1C. The molecule has 0 saturated carbocycles. The molecule has 1 atom stereocenters. The van der Waals surface area contributed by atoms with Gasteiger partial charge in [0.1, 0.15) is 9.71 Å². The van der Waals surface area contributed by atoms with E-state index in [1.807, 2.05) is 13.8 Å². The van der Waals surface area contributed by atoms with Gasteiger partial charge in [0, 0.05) is 24.5 Å². The molecular formula is C14H19N5OS. The van der Waals surface area contributed by atoms with Crippen LogP contribution in [0.5, 0.6) is 0 Å². The van der Waals surface area contributed by atoms with Gasteiger partial charge in [-0.3, -0.25) is 4.79 Å². The maximum absolute atomic E-state index is 12.7. The van der Waals surface area contributed by atoms with Gasteiger partial charge in [0.05, 0.1) is 11.4 Å². The third-order valence-electron chi connectivity index (χ3n) is 4.07. The Bertz CT molecular complexity index is 711. The number of hydrogen-bond acceptors (Lipinski definition) is 6. The van der Waals surface area contributed by atoms with Gasteiger partial charge in [-0.05, 0) is 32.3 Å². The van der Waals surface area contributed by atoms with Crippen molar-refractivity contribution in [2.45, 2.75) is 32.7 Å². The molecule has 0 aromatic carbocycles. The largest absolute Gasteiger partial charge is 0.397 e. The summed E-state index contributed by atoms with van der Waals surface area (Å²) >= 11 is 1.32. The van der Waals surface area contributed by atoms with Crippen LogP contribution in [0.2, 0.25) is 0 Å². The third kappa shape index (κ3) is 2.36. The number of nitrogens with two attached hydrogens (primary N) is 2. The summed E-state index contributed by atoms with van der Waals surface area (Å²) in [6, 6.07) is 0.0575. The lowest BCUT2D eigenvalue weighted by Gasteiger charge is -2.30. The monoisotopic (exact) mass is 305 g/mol. The van der Waals surface area contributed by atoms with Crippen LogP contribution in [0.15, 0.2) is 0 Å². The average molecular weight is 305 g/mol. The lowest BCUT2D eigenvalue weighted by molar-refractivity contribution is 0.0715. The molecule has 1 amide bonds. The Hall–Kier alpha value is -1.73. The van der Waals surface area contributed by atoms with Crippen molar-refractivity contribution in [3.8, 4) is 0 Å². The molecular weight excluding hydrogens is 286 g/mol. The van der Waals surface area contributed by atoms with Crippen LogP contribution >= 0.6 is 11.3 Å². The van der Waals surface area contributed by atoms with Crippen LogP contribution in [-0.2, 0) is 0 Å². The molecule has 2 aromatic heterocycles. The van der Waals surface area contributed by atoms with Crippen molar-refractivity contribution < 1.29 is 4.79 Å². The van der Waals surface area contributed by atoms with Crippen molar-refractivity contribution in [2.75, 3.05) is 18.8 Å². The van der Waals surface area contributed by atoms with E-state index in [1.165, 1.54) is 11.3 Å². The van der Waals surface area contributed by atoms with Gasteiger partial charge in [0.25, 0.3) is 5.91 Å². The Morgan fingerprint density at radius 2 is 2.14 bits per heavy atom. The smallest absolute Gasteiger partial charge is 0.266 e. The van der Waals surface area contributed by atoms with Crippen LogP contribution in [0.4, 0.5) is 5.69 Å². The number of rotatable bonds is 1. The molecule has 3 heterocycles. The number of piperidine rings is 1. The number of amides is 1. The number of carbonyl (C=O) groups is 1. The van der Waals surface area contributed by atoms with E-state index in [9.17, 15) is 4.79 Å². The molecule has 1 aliphatic heterocycles. The van der Waals surface area contributed by atoms with Crippen molar-refractivity contribution in [3.05, 3.63) is 16.1 Å². The van der Waals surface area contributed by atoms with Crippen molar-refractivity contribution in [3.63, 3.8) is 0 Å². The summed E-state index contributed by atoms with van der Waals surface area (Å²) in [5.74, 6) is -0.0392. The Morgan fingerprint density at radius 3 is 2.86 bits per heavy atom. The first-order valence-electron chi connectivity index (χ1n) is 7.05. The van der Waals surface area contributed by atoms with Gasteiger partial charge < -0.3 is 16.4 Å². The summed E-state index contributed by atoms with van der Waals surface area (Å²) in [6.07, 6.45) is 1.91. The number of nitrogens with zero attached hydrogens (tertiary/aromatic N) is 3. The highest BCUT2D eigenvalue weighted by molar-refractivity contribution is 7.21. The second-order valence-corrected chi connectivity index (χ2v) is 6.59. The minimum absolute atomic E-state index is 0.0392. The Kier molecular flexibility index (Phi) is 3.54. The molecule has 4 N–H and O–H groups in total. The minimum atomic E-state index is -0.0392. The predicted molar refractivity (Wildman–Crippen MR) is 84.4 cm³/mol. The second kappa shape index (κ2) is 5.23. The Labute approximate surface area is 127 Å². The summed E-state index contributed by atoms with van der Waals surface area (Å²) in [5.41, 5.74) is 14.5. The number of anilines is 1. The van der Waals surface area contributed by atoms with Gasteiger partial charge in [-0.25, -0.2) is 0 Å². The van der Waals surface area contributed by atoms with E-state index in [0.717, 1.165) is 40.9 Å². The van der Waals surface area contributed by atoms with Crippen molar-refractivity contribution >= 4 is 33.1 Å². The van der Waals surface area contributed by atoms with Gasteiger partial charge in [0.15, 0.2) is 0 Å². The molecule has 21 heavy (non-hydrogen) atoms. The Balaban J connectivity index is 2.02. The van der Waals surface area contributed by atoms with Gasteiger partial charge >= 0.3 is 0 Å². The summed E-state index contributed by atoms with van der Waals surface area (Å²) in [4.78, 5) is 15.8. The first-order valence-corrected chi connectivity index (χ1v) is 7.87. The van der Waals surface area contributed by atoms with Crippen molar-refractivity contribution in [1.82, 2.24) is 15.1 Å². The van der Waals surface area contributed by atoms with E-state index in [0.29, 0.717) is 17.1 Å². The highest BCUT2D eigenvalue weighted by Crippen LogP contribution is 2.35. The third-order valence-corrected chi connectivity index (χ3v) is 5.15. The average Bonchev–Trinajstić information content (AvgIpc) is 2.80. The van der Waals surface area contributed by atoms with E-state index in [2.05, 4.69) is 10.2 Å². The molecule has 1 saturated heterocycles. The second-order valence-electron chi connectivity index (χ2n) is 5.59. The van der Waals surface area contributed by atoms with Crippen LogP contribution < -0.4 is 11.5 Å². The standard InChI is InChI=1S/C14H19N5OS/c1-7-8(2)17-18-13-10(7)11(16)12(21-13)14(20)19-5-3-4-9(15)6-19/h9H,3-6,15-16H2,1-2H3. The molecule has 7 heteroatoms. The summed E-state index contributed by atoms with van der Waals surface area (Å²) in [5, 5.41) is 9.12. The van der Waals surface area contributed by atoms with Crippen LogP contribution in [-0.4, -0.2) is 40.1 Å². The molecule has 3 rings (SSSR count). The van der Waals surface area contributed by atoms with Crippen molar-refractivity contribution in [1.29, 1.82) is 0 Å². The van der Waals surface area contributed by atoms with E-state index in [4.69, 9.17) is 11.5 Å². The minimum Gasteiger partial charge on any atom is -0.397 e. The zero-order valence-corrected chi connectivity index (χ0v) is 13.0. The normalized spacial score (nSPS) is 19.2.